The minimum absolute atomic E-state index is 0.126. The number of benzene rings is 1. The van der Waals surface area contributed by atoms with E-state index in [2.05, 4.69) is 12.2 Å². The zero-order valence-corrected chi connectivity index (χ0v) is 10.6. The predicted molar refractivity (Wildman–Crippen MR) is 70.8 cm³/mol. The monoisotopic (exact) mass is 237 g/mol. The molecule has 0 aliphatic heterocycles. The molecular weight excluding hydrogens is 218 g/mol. The van der Waals surface area contributed by atoms with Crippen LogP contribution in [0.1, 0.15) is 20.3 Å². The molecule has 17 heavy (non-hydrogen) atoms. The molecule has 94 valence electrons. The van der Waals surface area contributed by atoms with Crippen LogP contribution in [0.25, 0.3) is 0 Å². The number of non-ortho nitro benzene ring substituents is 1. The maximum atomic E-state index is 10.8. The molecular formula is C12H19N3O2. The summed E-state index contributed by atoms with van der Waals surface area (Å²) in [7, 11) is 1.92. The number of nitro groups is 1. The molecule has 0 bridgehead atoms. The van der Waals surface area contributed by atoms with Gasteiger partial charge in [-0.15, -0.1) is 0 Å². The van der Waals surface area contributed by atoms with E-state index >= 15 is 0 Å². The van der Waals surface area contributed by atoms with Crippen molar-refractivity contribution in [2.45, 2.75) is 20.3 Å². The lowest BCUT2D eigenvalue weighted by Crippen LogP contribution is -2.16. The summed E-state index contributed by atoms with van der Waals surface area (Å²) in [4.78, 5) is 12.5. The van der Waals surface area contributed by atoms with Crippen molar-refractivity contribution in [3.8, 4) is 0 Å². The van der Waals surface area contributed by atoms with Crippen molar-refractivity contribution in [3.63, 3.8) is 0 Å². The van der Waals surface area contributed by atoms with Gasteiger partial charge >= 0.3 is 0 Å². The quantitative estimate of drug-likeness (QED) is 0.610. The van der Waals surface area contributed by atoms with Gasteiger partial charge in [0, 0.05) is 43.6 Å². The molecule has 0 unspecified atom stereocenters. The van der Waals surface area contributed by atoms with Crippen LogP contribution in [-0.4, -0.2) is 25.1 Å². The highest BCUT2D eigenvalue weighted by Crippen LogP contribution is 2.26. The summed E-state index contributed by atoms with van der Waals surface area (Å²) in [5.74, 6) is 0. The van der Waals surface area contributed by atoms with Crippen molar-refractivity contribution in [2.75, 3.05) is 30.4 Å². The second-order valence-corrected chi connectivity index (χ2v) is 3.94. The van der Waals surface area contributed by atoms with Crippen molar-refractivity contribution in [3.05, 3.63) is 28.3 Å². The minimum atomic E-state index is -0.357. The van der Waals surface area contributed by atoms with Gasteiger partial charge in [0.2, 0.25) is 0 Å². The summed E-state index contributed by atoms with van der Waals surface area (Å²) in [6, 6.07) is 5.11. The third-order valence-electron chi connectivity index (χ3n) is 2.61. The van der Waals surface area contributed by atoms with Crippen LogP contribution < -0.4 is 10.2 Å². The SMILES string of the molecule is CCCNc1cc(N(C)CC)cc([N+](=O)[O-])c1. The van der Waals surface area contributed by atoms with Crippen LogP contribution in [0.4, 0.5) is 17.1 Å². The standard InChI is InChI=1S/C12H19N3O2/c1-4-6-13-10-7-11(14(3)5-2)9-12(8-10)15(16)17/h7-9,13H,4-6H2,1-3H3. The summed E-state index contributed by atoms with van der Waals surface area (Å²) in [5, 5.41) is 14.0. The number of nitrogens with zero attached hydrogens (tertiary/aromatic N) is 2. The second kappa shape index (κ2) is 6.08. The van der Waals surface area contributed by atoms with Crippen LogP contribution in [-0.2, 0) is 0 Å². The fourth-order valence-corrected chi connectivity index (χ4v) is 1.47. The van der Waals surface area contributed by atoms with Gasteiger partial charge in [-0.3, -0.25) is 10.1 Å². The molecule has 0 heterocycles. The normalized spacial score (nSPS) is 10.1. The van der Waals surface area contributed by atoms with Gasteiger partial charge in [-0.2, -0.15) is 0 Å². The van der Waals surface area contributed by atoms with E-state index in [-0.39, 0.29) is 10.6 Å². The van der Waals surface area contributed by atoms with Gasteiger partial charge in [-0.05, 0) is 19.4 Å². The average molecular weight is 237 g/mol. The highest BCUT2D eigenvalue weighted by molar-refractivity contribution is 5.64. The first kappa shape index (κ1) is 13.3. The van der Waals surface area contributed by atoms with Crippen LogP contribution in [0, 0.1) is 10.1 Å². The largest absolute Gasteiger partial charge is 0.385 e. The highest BCUT2D eigenvalue weighted by atomic mass is 16.6. The van der Waals surface area contributed by atoms with E-state index in [4.69, 9.17) is 0 Å². The summed E-state index contributed by atoms with van der Waals surface area (Å²) in [6.45, 7) is 5.70. The first-order chi connectivity index (χ1) is 8.08. The maximum Gasteiger partial charge on any atom is 0.273 e. The smallest absolute Gasteiger partial charge is 0.273 e. The molecule has 0 aliphatic rings. The average Bonchev–Trinajstić information content (AvgIpc) is 2.34. The summed E-state index contributed by atoms with van der Waals surface area (Å²) in [6.07, 6.45) is 0.988. The molecule has 1 aromatic rings. The Bertz CT molecular complexity index is 393. The van der Waals surface area contributed by atoms with Gasteiger partial charge in [0.1, 0.15) is 0 Å². The van der Waals surface area contributed by atoms with Crippen molar-refractivity contribution in [1.29, 1.82) is 0 Å². The van der Waals surface area contributed by atoms with Gasteiger partial charge in [0.05, 0.1) is 4.92 Å². The number of nitrogens with one attached hydrogen (secondary N) is 1. The van der Waals surface area contributed by atoms with E-state index in [1.807, 2.05) is 24.9 Å². The zero-order chi connectivity index (χ0) is 12.8. The Morgan fingerprint density at radius 2 is 2.06 bits per heavy atom. The van der Waals surface area contributed by atoms with Gasteiger partial charge in [-0.25, -0.2) is 0 Å². The summed E-state index contributed by atoms with van der Waals surface area (Å²) >= 11 is 0. The Morgan fingerprint density at radius 3 is 2.59 bits per heavy atom. The van der Waals surface area contributed by atoms with E-state index in [0.717, 1.165) is 30.9 Å². The van der Waals surface area contributed by atoms with Gasteiger partial charge < -0.3 is 10.2 Å². The van der Waals surface area contributed by atoms with Crippen LogP contribution in [0.15, 0.2) is 18.2 Å². The molecule has 5 heteroatoms. The van der Waals surface area contributed by atoms with E-state index in [0.29, 0.717) is 0 Å². The van der Waals surface area contributed by atoms with E-state index in [1.54, 1.807) is 12.1 Å². The third-order valence-corrected chi connectivity index (χ3v) is 2.61. The van der Waals surface area contributed by atoms with Crippen molar-refractivity contribution >= 4 is 17.1 Å². The molecule has 1 N–H and O–H groups in total. The van der Waals surface area contributed by atoms with Crippen molar-refractivity contribution < 1.29 is 4.92 Å². The molecule has 0 aromatic heterocycles. The number of rotatable bonds is 6. The molecule has 0 saturated heterocycles. The minimum Gasteiger partial charge on any atom is -0.385 e. The molecule has 0 atom stereocenters. The summed E-state index contributed by atoms with van der Waals surface area (Å²) < 4.78 is 0. The van der Waals surface area contributed by atoms with Gasteiger partial charge in [-0.1, -0.05) is 6.92 Å². The van der Waals surface area contributed by atoms with Crippen molar-refractivity contribution in [1.82, 2.24) is 0 Å². The van der Waals surface area contributed by atoms with E-state index < -0.39 is 0 Å². The first-order valence-corrected chi connectivity index (χ1v) is 5.83. The Balaban J connectivity index is 3.05. The topological polar surface area (TPSA) is 58.4 Å². The molecule has 1 aromatic carbocycles. The zero-order valence-electron chi connectivity index (χ0n) is 10.6. The lowest BCUT2D eigenvalue weighted by molar-refractivity contribution is -0.384. The fourth-order valence-electron chi connectivity index (χ4n) is 1.47. The van der Waals surface area contributed by atoms with Gasteiger partial charge in [0.25, 0.3) is 5.69 Å². The number of hydrogen-bond donors (Lipinski definition) is 1. The molecule has 0 amide bonds. The molecule has 0 fully saturated rings. The lowest BCUT2D eigenvalue weighted by atomic mass is 10.2. The van der Waals surface area contributed by atoms with Gasteiger partial charge in [0.15, 0.2) is 0 Å². The molecule has 0 radical (unpaired) electrons. The molecule has 0 spiro atoms. The molecule has 1 rings (SSSR count). The fraction of sp³-hybridized carbons (Fsp3) is 0.500. The van der Waals surface area contributed by atoms with E-state index in [1.165, 1.54) is 0 Å². The lowest BCUT2D eigenvalue weighted by Gasteiger charge is -2.18. The number of hydrogen-bond acceptors (Lipinski definition) is 4. The molecule has 0 saturated carbocycles. The summed E-state index contributed by atoms with van der Waals surface area (Å²) in [5.41, 5.74) is 1.79. The Hall–Kier alpha value is -1.78. The van der Waals surface area contributed by atoms with E-state index in [9.17, 15) is 10.1 Å². The first-order valence-electron chi connectivity index (χ1n) is 5.83. The number of nitro benzene ring substituents is 1. The van der Waals surface area contributed by atoms with Crippen LogP contribution in [0.3, 0.4) is 0 Å². The van der Waals surface area contributed by atoms with Crippen molar-refractivity contribution in [2.24, 2.45) is 0 Å². The Morgan fingerprint density at radius 1 is 1.35 bits per heavy atom. The Labute approximate surface area is 102 Å². The highest BCUT2D eigenvalue weighted by Gasteiger charge is 2.11. The number of anilines is 2. The van der Waals surface area contributed by atoms with Crippen LogP contribution >= 0.6 is 0 Å². The molecule has 0 aliphatic carbocycles. The van der Waals surface area contributed by atoms with Crippen LogP contribution in [0.5, 0.6) is 0 Å². The predicted octanol–water partition coefficient (Wildman–Crippen LogP) is 2.87. The second-order valence-electron chi connectivity index (χ2n) is 3.94. The molecule has 5 nitrogen and oxygen atoms in total. The maximum absolute atomic E-state index is 10.8. The van der Waals surface area contributed by atoms with Crippen LogP contribution in [0.2, 0.25) is 0 Å². The Kier molecular flexibility index (Phi) is 4.75. The third kappa shape index (κ3) is 3.62.